The summed E-state index contributed by atoms with van der Waals surface area (Å²) in [6, 6.07) is 8.18. The van der Waals surface area contributed by atoms with Crippen LogP contribution in [0.15, 0.2) is 24.3 Å². The molecule has 2 atom stereocenters. The standard InChI is InChI=1S/C18H26N2O2.ClH/c19-16-9-3-6-13(16)11-18(21)20-12-14-5-1-2-10-17(14)22-15-7-4-8-15;/h1-2,5,10,13,15-16H,3-4,6-9,11-12,19H2,(H,20,21);1H/t13-,16+;/m0./s1. The van der Waals surface area contributed by atoms with Crippen molar-refractivity contribution in [1.82, 2.24) is 5.32 Å². The Balaban J connectivity index is 0.00000192. The fourth-order valence-electron chi connectivity index (χ4n) is 3.26. The van der Waals surface area contributed by atoms with Crippen LogP contribution in [0.1, 0.15) is 50.5 Å². The van der Waals surface area contributed by atoms with Crippen molar-refractivity contribution in [3.8, 4) is 5.75 Å². The number of nitrogens with two attached hydrogens (primary N) is 1. The summed E-state index contributed by atoms with van der Waals surface area (Å²) in [5, 5.41) is 3.02. The summed E-state index contributed by atoms with van der Waals surface area (Å²) in [4.78, 5) is 12.1. The molecule has 1 aromatic rings. The molecule has 2 saturated carbocycles. The Kier molecular flexibility index (Phi) is 6.72. The maximum atomic E-state index is 12.1. The first-order valence-corrected chi connectivity index (χ1v) is 8.49. The quantitative estimate of drug-likeness (QED) is 0.837. The molecular weight excluding hydrogens is 312 g/mol. The van der Waals surface area contributed by atoms with Crippen molar-refractivity contribution in [3.05, 3.63) is 29.8 Å². The second-order valence-corrected chi connectivity index (χ2v) is 6.61. The molecule has 0 saturated heterocycles. The number of hydrogen-bond acceptors (Lipinski definition) is 3. The summed E-state index contributed by atoms with van der Waals surface area (Å²) in [6.45, 7) is 0.531. The Morgan fingerprint density at radius 2 is 1.91 bits per heavy atom. The number of carbonyl (C=O) groups is 1. The molecule has 0 heterocycles. The number of para-hydroxylation sites is 1. The van der Waals surface area contributed by atoms with Crippen LogP contribution in [0, 0.1) is 5.92 Å². The van der Waals surface area contributed by atoms with E-state index in [1.165, 1.54) is 6.42 Å². The summed E-state index contributed by atoms with van der Waals surface area (Å²) in [5.41, 5.74) is 7.09. The van der Waals surface area contributed by atoms with E-state index in [4.69, 9.17) is 10.5 Å². The Labute approximate surface area is 144 Å². The molecule has 3 N–H and O–H groups in total. The van der Waals surface area contributed by atoms with E-state index in [1.807, 2.05) is 24.3 Å². The fourth-order valence-corrected chi connectivity index (χ4v) is 3.26. The zero-order valence-electron chi connectivity index (χ0n) is 13.5. The van der Waals surface area contributed by atoms with Gasteiger partial charge in [-0.1, -0.05) is 24.6 Å². The second-order valence-electron chi connectivity index (χ2n) is 6.61. The van der Waals surface area contributed by atoms with Crippen LogP contribution in [0.4, 0.5) is 0 Å². The predicted octanol–water partition coefficient (Wildman–Crippen LogP) is 3.17. The van der Waals surface area contributed by atoms with E-state index in [-0.39, 0.29) is 24.4 Å². The predicted molar refractivity (Wildman–Crippen MR) is 93.7 cm³/mol. The van der Waals surface area contributed by atoms with Crippen LogP contribution >= 0.6 is 12.4 Å². The van der Waals surface area contributed by atoms with E-state index in [0.717, 1.165) is 43.4 Å². The summed E-state index contributed by atoms with van der Waals surface area (Å²) in [6.07, 6.45) is 7.72. The molecule has 1 amide bonds. The largest absolute Gasteiger partial charge is 0.490 e. The first-order chi connectivity index (χ1) is 10.7. The van der Waals surface area contributed by atoms with Crippen LogP contribution in [-0.4, -0.2) is 18.1 Å². The van der Waals surface area contributed by atoms with Gasteiger partial charge in [0.25, 0.3) is 0 Å². The van der Waals surface area contributed by atoms with Crippen LogP contribution in [0.25, 0.3) is 0 Å². The number of nitrogens with one attached hydrogen (secondary N) is 1. The van der Waals surface area contributed by atoms with Gasteiger partial charge in [-0.2, -0.15) is 0 Å². The molecule has 0 unspecified atom stereocenters. The highest BCUT2D eigenvalue weighted by atomic mass is 35.5. The summed E-state index contributed by atoms with van der Waals surface area (Å²) < 4.78 is 5.99. The molecular formula is C18H27ClN2O2. The van der Waals surface area contributed by atoms with Gasteiger partial charge in [-0.05, 0) is 44.1 Å². The van der Waals surface area contributed by atoms with Gasteiger partial charge in [0.05, 0.1) is 6.10 Å². The van der Waals surface area contributed by atoms with Crippen molar-refractivity contribution in [1.29, 1.82) is 0 Å². The van der Waals surface area contributed by atoms with Gasteiger partial charge in [0.2, 0.25) is 5.91 Å². The lowest BCUT2D eigenvalue weighted by Crippen LogP contribution is -2.31. The van der Waals surface area contributed by atoms with E-state index in [0.29, 0.717) is 25.0 Å². The third-order valence-corrected chi connectivity index (χ3v) is 4.96. The monoisotopic (exact) mass is 338 g/mol. The number of ether oxygens (including phenoxy) is 1. The molecule has 1 aromatic carbocycles. The Morgan fingerprint density at radius 1 is 1.17 bits per heavy atom. The minimum atomic E-state index is 0. The lowest BCUT2D eigenvalue weighted by molar-refractivity contribution is -0.122. The van der Waals surface area contributed by atoms with Gasteiger partial charge >= 0.3 is 0 Å². The maximum absolute atomic E-state index is 12.1. The highest BCUT2D eigenvalue weighted by Crippen LogP contribution is 2.28. The number of hydrogen-bond donors (Lipinski definition) is 2. The number of amides is 1. The van der Waals surface area contributed by atoms with Gasteiger partial charge in [-0.25, -0.2) is 0 Å². The number of rotatable bonds is 6. The molecule has 0 aromatic heterocycles. The van der Waals surface area contributed by atoms with E-state index in [1.54, 1.807) is 0 Å². The van der Waals surface area contributed by atoms with Gasteiger partial charge in [-0.15, -0.1) is 12.4 Å². The van der Waals surface area contributed by atoms with Crippen LogP contribution < -0.4 is 15.8 Å². The first-order valence-electron chi connectivity index (χ1n) is 8.49. The molecule has 23 heavy (non-hydrogen) atoms. The molecule has 0 aliphatic heterocycles. The molecule has 5 heteroatoms. The molecule has 128 valence electrons. The van der Waals surface area contributed by atoms with E-state index in [9.17, 15) is 4.79 Å². The third-order valence-electron chi connectivity index (χ3n) is 4.96. The minimum absolute atomic E-state index is 0. The lowest BCUT2D eigenvalue weighted by atomic mass is 9.96. The third kappa shape index (κ3) is 4.85. The van der Waals surface area contributed by atoms with E-state index < -0.39 is 0 Å². The van der Waals surface area contributed by atoms with Gasteiger partial charge in [0.1, 0.15) is 5.75 Å². The Bertz CT molecular complexity index is 519. The average molecular weight is 339 g/mol. The Morgan fingerprint density at radius 3 is 2.57 bits per heavy atom. The molecule has 4 nitrogen and oxygen atoms in total. The molecule has 2 aliphatic rings. The normalized spacial score (nSPS) is 23.7. The molecule has 0 radical (unpaired) electrons. The highest BCUT2D eigenvalue weighted by Gasteiger charge is 2.26. The molecule has 0 spiro atoms. The Hall–Kier alpha value is -1.26. The van der Waals surface area contributed by atoms with Crippen molar-refractivity contribution < 1.29 is 9.53 Å². The zero-order chi connectivity index (χ0) is 15.4. The van der Waals surface area contributed by atoms with Crippen molar-refractivity contribution in [2.75, 3.05) is 0 Å². The van der Waals surface area contributed by atoms with Gasteiger partial charge in [-0.3, -0.25) is 4.79 Å². The van der Waals surface area contributed by atoms with Crippen molar-refractivity contribution in [3.63, 3.8) is 0 Å². The number of halogens is 1. The molecule has 0 bridgehead atoms. The molecule has 3 rings (SSSR count). The maximum Gasteiger partial charge on any atom is 0.220 e. The number of carbonyl (C=O) groups excluding carboxylic acids is 1. The average Bonchev–Trinajstić information content (AvgIpc) is 2.87. The van der Waals surface area contributed by atoms with Crippen molar-refractivity contribution in [2.45, 2.75) is 63.6 Å². The van der Waals surface area contributed by atoms with Crippen molar-refractivity contribution in [2.24, 2.45) is 11.7 Å². The van der Waals surface area contributed by atoms with Crippen molar-refractivity contribution >= 4 is 18.3 Å². The van der Waals surface area contributed by atoms with Gasteiger partial charge in [0.15, 0.2) is 0 Å². The second kappa shape index (κ2) is 8.55. The van der Waals surface area contributed by atoms with Crippen LogP contribution in [0.3, 0.4) is 0 Å². The molecule has 2 fully saturated rings. The SMILES string of the molecule is Cl.N[C@@H]1CCC[C@H]1CC(=O)NCc1ccccc1OC1CCC1. The number of benzene rings is 1. The molecule has 2 aliphatic carbocycles. The van der Waals surface area contributed by atoms with Crippen LogP contribution in [0.5, 0.6) is 5.75 Å². The summed E-state index contributed by atoms with van der Waals surface area (Å²) in [7, 11) is 0. The van der Waals surface area contributed by atoms with Gasteiger partial charge < -0.3 is 15.8 Å². The first kappa shape index (κ1) is 18.1. The summed E-state index contributed by atoms with van der Waals surface area (Å²) in [5.74, 6) is 1.35. The van der Waals surface area contributed by atoms with Gasteiger partial charge in [0, 0.05) is 24.6 Å². The smallest absolute Gasteiger partial charge is 0.220 e. The minimum Gasteiger partial charge on any atom is -0.490 e. The summed E-state index contributed by atoms with van der Waals surface area (Å²) >= 11 is 0. The topological polar surface area (TPSA) is 64.4 Å². The van der Waals surface area contributed by atoms with Crippen LogP contribution in [0.2, 0.25) is 0 Å². The van der Waals surface area contributed by atoms with E-state index in [2.05, 4.69) is 5.32 Å². The fraction of sp³-hybridized carbons (Fsp3) is 0.611. The lowest BCUT2D eigenvalue weighted by Gasteiger charge is -2.27. The highest BCUT2D eigenvalue weighted by molar-refractivity contribution is 5.85. The van der Waals surface area contributed by atoms with Crippen LogP contribution in [-0.2, 0) is 11.3 Å². The van der Waals surface area contributed by atoms with E-state index >= 15 is 0 Å². The zero-order valence-corrected chi connectivity index (χ0v) is 14.3.